The van der Waals surface area contributed by atoms with Gasteiger partial charge >= 0.3 is 5.97 Å². The molecule has 0 aromatic heterocycles. The fourth-order valence-electron chi connectivity index (χ4n) is 3.68. The second-order valence-corrected chi connectivity index (χ2v) is 7.82. The molecule has 1 amide bonds. The average molecular weight is 494 g/mol. The van der Waals surface area contributed by atoms with Crippen LogP contribution >= 0.6 is 11.6 Å². The molecule has 0 saturated heterocycles. The summed E-state index contributed by atoms with van der Waals surface area (Å²) in [7, 11) is 3.02. The van der Waals surface area contributed by atoms with E-state index in [9.17, 15) is 9.59 Å². The van der Waals surface area contributed by atoms with Crippen molar-refractivity contribution < 1.29 is 38.4 Å². The fourth-order valence-corrected chi connectivity index (χ4v) is 3.89. The Morgan fingerprint density at radius 3 is 2.65 bits per heavy atom. The zero-order valence-electron chi connectivity index (χ0n) is 19.3. The molecule has 2 aromatic rings. The summed E-state index contributed by atoms with van der Waals surface area (Å²) < 4.78 is 28.1. The summed E-state index contributed by atoms with van der Waals surface area (Å²) in [6.07, 6.45) is -1.91. The number of halogens is 1. The number of benzene rings is 2. The van der Waals surface area contributed by atoms with Crippen LogP contribution in [0.1, 0.15) is 37.0 Å². The maximum atomic E-state index is 13.1. The Hall–Kier alpha value is -3.01. The van der Waals surface area contributed by atoms with Crippen molar-refractivity contribution in [2.45, 2.75) is 32.0 Å². The summed E-state index contributed by atoms with van der Waals surface area (Å²) in [5.74, 6) is 0.0944. The van der Waals surface area contributed by atoms with Gasteiger partial charge < -0.3 is 34.1 Å². The molecule has 10 heteroatoms. The van der Waals surface area contributed by atoms with Crippen LogP contribution in [-0.4, -0.2) is 57.1 Å². The van der Waals surface area contributed by atoms with Gasteiger partial charge in [0.1, 0.15) is 18.0 Å². The molecule has 3 rings (SSSR count). The molecule has 9 nitrogen and oxygen atoms in total. The highest BCUT2D eigenvalue weighted by Crippen LogP contribution is 2.46. The largest absolute Gasteiger partial charge is 0.493 e. The van der Waals surface area contributed by atoms with E-state index in [0.29, 0.717) is 45.5 Å². The number of nitrogens with one attached hydrogen (secondary N) is 1. The molecule has 0 saturated carbocycles. The van der Waals surface area contributed by atoms with E-state index >= 15 is 0 Å². The van der Waals surface area contributed by atoms with Gasteiger partial charge in [-0.15, -0.1) is 0 Å². The number of aliphatic hydroxyl groups excluding tert-OH is 1. The minimum atomic E-state index is -1.16. The number of aliphatic hydroxyl groups is 1. The van der Waals surface area contributed by atoms with E-state index in [-0.39, 0.29) is 26.2 Å². The van der Waals surface area contributed by atoms with Gasteiger partial charge in [0, 0.05) is 35.2 Å². The van der Waals surface area contributed by atoms with Gasteiger partial charge in [-0.05, 0) is 19.1 Å². The predicted molar refractivity (Wildman–Crippen MR) is 125 cm³/mol. The zero-order chi connectivity index (χ0) is 24.7. The lowest BCUT2D eigenvalue weighted by Gasteiger charge is -2.24. The molecule has 1 heterocycles. The Bertz CT molecular complexity index is 1030. The number of anilines is 1. The number of para-hydroxylation sites is 1. The summed E-state index contributed by atoms with van der Waals surface area (Å²) in [4.78, 5) is 25.3. The van der Waals surface area contributed by atoms with Gasteiger partial charge in [0.15, 0.2) is 11.5 Å². The second kappa shape index (κ2) is 11.9. The van der Waals surface area contributed by atoms with Crippen LogP contribution in [0.4, 0.5) is 5.69 Å². The Kier molecular flexibility index (Phi) is 8.98. The molecule has 1 aliphatic rings. The number of hydrogen-bond acceptors (Lipinski definition) is 8. The van der Waals surface area contributed by atoms with Crippen LogP contribution in [0.15, 0.2) is 30.3 Å². The molecule has 184 valence electrons. The summed E-state index contributed by atoms with van der Waals surface area (Å²) >= 11 is 6.40. The number of carbonyl (C=O) groups excluding carboxylic acids is 2. The highest BCUT2D eigenvalue weighted by molar-refractivity contribution is 6.31. The van der Waals surface area contributed by atoms with Gasteiger partial charge in [-0.25, -0.2) is 0 Å². The molecular weight excluding hydrogens is 466 g/mol. The zero-order valence-corrected chi connectivity index (χ0v) is 20.0. The maximum absolute atomic E-state index is 13.1. The smallest absolute Gasteiger partial charge is 0.308 e. The molecule has 0 fully saturated rings. The Morgan fingerprint density at radius 1 is 1.18 bits per heavy atom. The van der Waals surface area contributed by atoms with Crippen molar-refractivity contribution in [1.82, 2.24) is 0 Å². The SMILES string of the molecule is CCOC(=O)CC1OC(c2cccc(OC)c2OC)c2cc(Cl)cc(OCCCO)c2NC1=O. The van der Waals surface area contributed by atoms with Crippen molar-refractivity contribution in [3.05, 3.63) is 46.5 Å². The molecule has 0 radical (unpaired) electrons. The minimum Gasteiger partial charge on any atom is -0.493 e. The number of methoxy groups -OCH3 is 2. The number of esters is 1. The summed E-state index contributed by atoms with van der Waals surface area (Å²) in [5.41, 5.74) is 1.43. The van der Waals surface area contributed by atoms with Gasteiger partial charge in [-0.1, -0.05) is 23.7 Å². The molecule has 0 spiro atoms. The molecular formula is C24H28ClNO8. The number of amides is 1. The van der Waals surface area contributed by atoms with E-state index in [1.165, 1.54) is 14.2 Å². The molecule has 1 aliphatic heterocycles. The van der Waals surface area contributed by atoms with E-state index < -0.39 is 24.1 Å². The first-order valence-corrected chi connectivity index (χ1v) is 11.2. The number of hydrogen-bond donors (Lipinski definition) is 2. The lowest BCUT2D eigenvalue weighted by molar-refractivity contribution is -0.150. The Morgan fingerprint density at radius 2 is 1.97 bits per heavy atom. The third-order valence-electron chi connectivity index (χ3n) is 5.15. The molecule has 0 aliphatic carbocycles. The van der Waals surface area contributed by atoms with Gasteiger partial charge in [0.05, 0.1) is 39.5 Å². The molecule has 2 aromatic carbocycles. The van der Waals surface area contributed by atoms with Gasteiger partial charge in [-0.3, -0.25) is 9.59 Å². The number of fused-ring (bicyclic) bond motifs is 1. The van der Waals surface area contributed by atoms with E-state index in [4.69, 9.17) is 40.4 Å². The lowest BCUT2D eigenvalue weighted by atomic mass is 9.98. The number of ether oxygens (including phenoxy) is 5. The van der Waals surface area contributed by atoms with Gasteiger partial charge in [0.2, 0.25) is 0 Å². The van der Waals surface area contributed by atoms with Crippen molar-refractivity contribution in [2.24, 2.45) is 0 Å². The highest BCUT2D eigenvalue weighted by atomic mass is 35.5. The van der Waals surface area contributed by atoms with Gasteiger partial charge in [0.25, 0.3) is 5.91 Å². The maximum Gasteiger partial charge on any atom is 0.308 e. The third kappa shape index (κ3) is 5.72. The minimum absolute atomic E-state index is 0.0521. The van der Waals surface area contributed by atoms with Crippen LogP contribution in [0.3, 0.4) is 0 Å². The molecule has 2 unspecified atom stereocenters. The first kappa shape index (κ1) is 25.6. The first-order valence-electron chi connectivity index (χ1n) is 10.8. The summed E-state index contributed by atoms with van der Waals surface area (Å²) in [5, 5.41) is 12.3. The van der Waals surface area contributed by atoms with Crippen molar-refractivity contribution in [2.75, 3.05) is 39.4 Å². The Labute approximate surface area is 202 Å². The van der Waals surface area contributed by atoms with E-state index in [0.717, 1.165) is 0 Å². The Balaban J connectivity index is 2.15. The van der Waals surface area contributed by atoms with Crippen molar-refractivity contribution >= 4 is 29.2 Å². The fraction of sp³-hybridized carbons (Fsp3) is 0.417. The molecule has 2 atom stereocenters. The summed E-state index contributed by atoms with van der Waals surface area (Å²) in [6.45, 7) is 2.02. The van der Waals surface area contributed by atoms with Crippen LogP contribution in [-0.2, 0) is 19.1 Å². The standard InChI is InChI=1S/C24H28ClNO8/c1-4-32-20(28)13-19-24(29)26-21-16(11-14(25)12-18(21)33-10-6-9-27)22(34-19)15-7-5-8-17(30-2)23(15)31-3/h5,7-8,11-12,19,22,27H,4,6,9-10,13H2,1-3H3,(H,26,29). The van der Waals surface area contributed by atoms with E-state index in [1.807, 2.05) is 0 Å². The van der Waals surface area contributed by atoms with Crippen LogP contribution in [0.25, 0.3) is 0 Å². The van der Waals surface area contributed by atoms with E-state index in [2.05, 4.69) is 5.32 Å². The van der Waals surface area contributed by atoms with Crippen LogP contribution in [0, 0.1) is 0 Å². The van der Waals surface area contributed by atoms with Crippen LogP contribution < -0.4 is 19.5 Å². The molecule has 2 N–H and O–H groups in total. The van der Waals surface area contributed by atoms with Crippen LogP contribution in [0.2, 0.25) is 5.02 Å². The quantitative estimate of drug-likeness (QED) is 0.382. The van der Waals surface area contributed by atoms with Crippen LogP contribution in [0.5, 0.6) is 17.2 Å². The summed E-state index contributed by atoms with van der Waals surface area (Å²) in [6, 6.07) is 8.51. The topological polar surface area (TPSA) is 113 Å². The van der Waals surface area contributed by atoms with Crippen molar-refractivity contribution in [1.29, 1.82) is 0 Å². The molecule has 0 bridgehead atoms. The monoisotopic (exact) mass is 493 g/mol. The average Bonchev–Trinajstić information content (AvgIpc) is 2.95. The molecule has 34 heavy (non-hydrogen) atoms. The lowest BCUT2D eigenvalue weighted by Crippen LogP contribution is -2.32. The number of carbonyl (C=O) groups is 2. The normalized spacial score (nSPS) is 17.3. The second-order valence-electron chi connectivity index (χ2n) is 7.38. The van der Waals surface area contributed by atoms with Gasteiger partial charge in [-0.2, -0.15) is 0 Å². The number of rotatable bonds is 10. The highest BCUT2D eigenvalue weighted by Gasteiger charge is 2.37. The van der Waals surface area contributed by atoms with Crippen molar-refractivity contribution in [3.8, 4) is 17.2 Å². The predicted octanol–water partition coefficient (Wildman–Crippen LogP) is 3.50. The van der Waals surface area contributed by atoms with E-state index in [1.54, 1.807) is 37.3 Å². The first-order chi connectivity index (χ1) is 16.4. The third-order valence-corrected chi connectivity index (χ3v) is 5.37. The van der Waals surface area contributed by atoms with Crippen molar-refractivity contribution in [3.63, 3.8) is 0 Å².